The van der Waals surface area contributed by atoms with Gasteiger partial charge in [-0.05, 0) is 44.9 Å². The first-order chi connectivity index (χ1) is 11.0. The topological polar surface area (TPSA) is 52.7 Å². The third-order valence-corrected chi connectivity index (χ3v) is 4.22. The van der Waals surface area contributed by atoms with Crippen molar-refractivity contribution in [2.24, 2.45) is 0 Å². The molecule has 2 rings (SSSR count). The van der Waals surface area contributed by atoms with Crippen LogP contribution in [0.5, 0.6) is 0 Å². The number of carbonyl (C=O) groups excluding carboxylic acids is 2. The SMILES string of the molecule is CCN(CC)C(=O)N1CCC(NC(=O)c2cccc(F)c2)CC1. The number of rotatable bonds is 4. The van der Waals surface area contributed by atoms with Crippen molar-refractivity contribution in [3.05, 3.63) is 35.6 Å². The number of amides is 3. The van der Waals surface area contributed by atoms with Gasteiger partial charge in [0.25, 0.3) is 5.91 Å². The lowest BCUT2D eigenvalue weighted by atomic mass is 10.0. The average Bonchev–Trinajstić information content (AvgIpc) is 2.56. The van der Waals surface area contributed by atoms with Crippen molar-refractivity contribution in [1.29, 1.82) is 0 Å². The summed E-state index contributed by atoms with van der Waals surface area (Å²) < 4.78 is 13.2. The van der Waals surface area contributed by atoms with Gasteiger partial charge in [-0.25, -0.2) is 9.18 Å². The summed E-state index contributed by atoms with van der Waals surface area (Å²) in [5.41, 5.74) is 0.326. The predicted octanol–water partition coefficient (Wildman–Crippen LogP) is 2.48. The summed E-state index contributed by atoms with van der Waals surface area (Å²) in [6.07, 6.45) is 1.43. The fraction of sp³-hybridized carbons (Fsp3) is 0.529. The third kappa shape index (κ3) is 4.43. The number of urea groups is 1. The standard InChI is InChI=1S/C17H24FN3O2/c1-3-20(4-2)17(23)21-10-8-15(9-11-21)19-16(22)13-6-5-7-14(18)12-13/h5-7,12,15H,3-4,8-11H2,1-2H3,(H,19,22). The first-order valence-corrected chi connectivity index (χ1v) is 8.15. The van der Waals surface area contributed by atoms with Crippen LogP contribution in [0.3, 0.4) is 0 Å². The number of halogens is 1. The Hall–Kier alpha value is -2.11. The summed E-state index contributed by atoms with van der Waals surface area (Å²) in [5, 5.41) is 2.92. The average molecular weight is 321 g/mol. The van der Waals surface area contributed by atoms with Crippen LogP contribution in [0.25, 0.3) is 0 Å². The number of nitrogens with one attached hydrogen (secondary N) is 1. The van der Waals surface area contributed by atoms with Gasteiger partial charge in [0.15, 0.2) is 0 Å². The zero-order valence-electron chi connectivity index (χ0n) is 13.7. The molecule has 0 atom stereocenters. The Kier molecular flexibility index (Phi) is 5.96. The lowest BCUT2D eigenvalue weighted by Gasteiger charge is -2.35. The van der Waals surface area contributed by atoms with Gasteiger partial charge < -0.3 is 15.1 Å². The fourth-order valence-corrected chi connectivity index (χ4v) is 2.81. The van der Waals surface area contributed by atoms with E-state index in [1.54, 1.807) is 11.0 Å². The van der Waals surface area contributed by atoms with Gasteiger partial charge in [-0.1, -0.05) is 6.07 Å². The van der Waals surface area contributed by atoms with Gasteiger partial charge in [0.05, 0.1) is 0 Å². The van der Waals surface area contributed by atoms with Crippen molar-refractivity contribution in [3.63, 3.8) is 0 Å². The predicted molar refractivity (Wildman–Crippen MR) is 86.8 cm³/mol. The van der Waals surface area contributed by atoms with Gasteiger partial charge in [-0.15, -0.1) is 0 Å². The van der Waals surface area contributed by atoms with Crippen LogP contribution in [-0.2, 0) is 0 Å². The molecule has 1 fully saturated rings. The van der Waals surface area contributed by atoms with E-state index in [0.29, 0.717) is 44.6 Å². The maximum Gasteiger partial charge on any atom is 0.319 e. The second-order valence-corrected chi connectivity index (χ2v) is 5.70. The third-order valence-electron chi connectivity index (χ3n) is 4.22. The maximum absolute atomic E-state index is 13.2. The van der Waals surface area contributed by atoms with Crippen LogP contribution in [0.4, 0.5) is 9.18 Å². The summed E-state index contributed by atoms with van der Waals surface area (Å²) in [6.45, 7) is 6.59. The molecule has 0 unspecified atom stereocenters. The molecule has 1 aromatic rings. The highest BCUT2D eigenvalue weighted by Crippen LogP contribution is 2.13. The number of carbonyl (C=O) groups is 2. The van der Waals surface area contributed by atoms with E-state index in [1.807, 2.05) is 18.7 Å². The van der Waals surface area contributed by atoms with Gasteiger partial charge in [0, 0.05) is 37.8 Å². The highest BCUT2D eigenvalue weighted by molar-refractivity contribution is 5.94. The molecule has 1 saturated heterocycles. The van der Waals surface area contributed by atoms with E-state index in [9.17, 15) is 14.0 Å². The molecule has 0 bridgehead atoms. The Morgan fingerprint density at radius 1 is 1.26 bits per heavy atom. The minimum atomic E-state index is -0.419. The zero-order chi connectivity index (χ0) is 16.8. The van der Waals surface area contributed by atoms with Crippen molar-refractivity contribution >= 4 is 11.9 Å². The zero-order valence-corrected chi connectivity index (χ0v) is 13.7. The number of likely N-dealkylation sites (tertiary alicyclic amines) is 1. The normalized spacial score (nSPS) is 15.3. The van der Waals surface area contributed by atoms with Crippen molar-refractivity contribution in [2.45, 2.75) is 32.7 Å². The Morgan fingerprint density at radius 2 is 1.91 bits per heavy atom. The van der Waals surface area contributed by atoms with E-state index in [4.69, 9.17) is 0 Å². The quantitative estimate of drug-likeness (QED) is 0.926. The molecule has 126 valence electrons. The van der Waals surface area contributed by atoms with Crippen molar-refractivity contribution < 1.29 is 14.0 Å². The minimum absolute atomic E-state index is 0.0199. The van der Waals surface area contributed by atoms with E-state index >= 15 is 0 Å². The minimum Gasteiger partial charge on any atom is -0.349 e. The summed E-state index contributed by atoms with van der Waals surface area (Å²) in [5.74, 6) is -0.685. The Morgan fingerprint density at radius 3 is 2.48 bits per heavy atom. The summed E-state index contributed by atoms with van der Waals surface area (Å²) in [6, 6.07) is 5.74. The number of hydrogen-bond acceptors (Lipinski definition) is 2. The number of nitrogens with zero attached hydrogens (tertiary/aromatic N) is 2. The molecular formula is C17H24FN3O2. The molecule has 5 nitrogen and oxygen atoms in total. The molecule has 6 heteroatoms. The number of piperidine rings is 1. The number of benzene rings is 1. The molecule has 3 amide bonds. The molecule has 0 aliphatic carbocycles. The van der Waals surface area contributed by atoms with E-state index < -0.39 is 5.82 Å². The Labute approximate surface area is 136 Å². The summed E-state index contributed by atoms with van der Waals surface area (Å²) >= 11 is 0. The van der Waals surface area contributed by atoms with Crippen LogP contribution in [0.2, 0.25) is 0 Å². The highest BCUT2D eigenvalue weighted by atomic mass is 19.1. The van der Waals surface area contributed by atoms with Crippen LogP contribution >= 0.6 is 0 Å². The maximum atomic E-state index is 13.2. The van der Waals surface area contributed by atoms with Gasteiger partial charge >= 0.3 is 6.03 Å². The van der Waals surface area contributed by atoms with E-state index in [2.05, 4.69) is 5.32 Å². The molecule has 23 heavy (non-hydrogen) atoms. The van der Waals surface area contributed by atoms with Crippen molar-refractivity contribution in [1.82, 2.24) is 15.1 Å². The lowest BCUT2D eigenvalue weighted by Crippen LogP contribution is -2.50. The molecule has 0 spiro atoms. The van der Waals surface area contributed by atoms with Gasteiger partial charge in [-0.2, -0.15) is 0 Å². The molecular weight excluding hydrogens is 297 g/mol. The van der Waals surface area contributed by atoms with Crippen molar-refractivity contribution in [3.8, 4) is 0 Å². The molecule has 1 aliphatic heterocycles. The smallest absolute Gasteiger partial charge is 0.319 e. The molecule has 1 N–H and O–H groups in total. The van der Waals surface area contributed by atoms with Crippen molar-refractivity contribution in [2.75, 3.05) is 26.2 Å². The van der Waals surface area contributed by atoms with Gasteiger partial charge in [0.1, 0.15) is 5.82 Å². The fourth-order valence-electron chi connectivity index (χ4n) is 2.81. The summed E-state index contributed by atoms with van der Waals surface area (Å²) in [4.78, 5) is 28.0. The second kappa shape index (κ2) is 7.94. The van der Waals surface area contributed by atoms with Crippen LogP contribution in [0.15, 0.2) is 24.3 Å². The van der Waals surface area contributed by atoms with E-state index in [-0.39, 0.29) is 18.0 Å². The molecule has 0 saturated carbocycles. The number of hydrogen-bond donors (Lipinski definition) is 1. The van der Waals surface area contributed by atoms with E-state index in [1.165, 1.54) is 18.2 Å². The van der Waals surface area contributed by atoms with Gasteiger partial charge in [-0.3, -0.25) is 4.79 Å². The molecule has 1 aliphatic rings. The first kappa shape index (κ1) is 17.2. The molecule has 0 radical (unpaired) electrons. The molecule has 0 aromatic heterocycles. The largest absolute Gasteiger partial charge is 0.349 e. The summed E-state index contributed by atoms with van der Waals surface area (Å²) in [7, 11) is 0. The van der Waals surface area contributed by atoms with Crippen LogP contribution < -0.4 is 5.32 Å². The monoisotopic (exact) mass is 321 g/mol. The molecule has 1 heterocycles. The van der Waals surface area contributed by atoms with Crippen LogP contribution in [0.1, 0.15) is 37.0 Å². The van der Waals surface area contributed by atoms with Crippen LogP contribution in [0, 0.1) is 5.82 Å². The van der Waals surface area contributed by atoms with Gasteiger partial charge in [0.2, 0.25) is 0 Å². The Balaban J connectivity index is 1.85. The van der Waals surface area contributed by atoms with Crippen LogP contribution in [-0.4, -0.2) is 54.0 Å². The lowest BCUT2D eigenvalue weighted by molar-refractivity contribution is 0.0911. The second-order valence-electron chi connectivity index (χ2n) is 5.70. The molecule has 1 aromatic carbocycles. The first-order valence-electron chi connectivity index (χ1n) is 8.15. The Bertz CT molecular complexity index is 553. The van der Waals surface area contributed by atoms with E-state index in [0.717, 1.165) is 0 Å². The highest BCUT2D eigenvalue weighted by Gasteiger charge is 2.26.